The van der Waals surface area contributed by atoms with Crippen LogP contribution in [0.15, 0.2) is 47.4 Å². The summed E-state index contributed by atoms with van der Waals surface area (Å²) in [5.74, 6) is -0.755. The molecular weight excluding hydrogens is 466 g/mol. The Morgan fingerprint density at radius 1 is 0.969 bits per heavy atom. The van der Waals surface area contributed by atoms with E-state index in [2.05, 4.69) is 0 Å². The lowest BCUT2D eigenvalue weighted by atomic mass is 10.1. The van der Waals surface area contributed by atoms with E-state index in [4.69, 9.17) is 4.74 Å². The topological polar surface area (TPSA) is 84.5 Å². The summed E-state index contributed by atoms with van der Waals surface area (Å²) in [7, 11) is -4.22. The lowest BCUT2D eigenvalue weighted by Gasteiger charge is -2.17. The zero-order chi connectivity index (χ0) is 24.3. The smallest absolute Gasteiger partial charge is 0.416 e. The number of hydrogen-bond donors (Lipinski definition) is 2. The van der Waals surface area contributed by atoms with Crippen molar-refractivity contribution >= 4 is 21.6 Å². The van der Waals surface area contributed by atoms with Gasteiger partial charge in [-0.05, 0) is 56.3 Å². The number of alkyl halides is 6. The quantitative estimate of drug-likeness (QED) is 0.570. The maximum absolute atomic E-state index is 12.9. The molecule has 1 amide bonds. The predicted molar refractivity (Wildman–Crippen MR) is 102 cm³/mol. The molecule has 2 aromatic carbocycles. The lowest BCUT2D eigenvalue weighted by Crippen LogP contribution is -2.41. The third kappa shape index (κ3) is 6.60. The number of benzene rings is 2. The number of amides is 1. The average molecular weight is 484 g/mol. The van der Waals surface area contributed by atoms with Gasteiger partial charge in [0.15, 0.2) is 0 Å². The zero-order valence-corrected chi connectivity index (χ0v) is 17.5. The van der Waals surface area contributed by atoms with Gasteiger partial charge in [-0.25, -0.2) is 8.42 Å². The van der Waals surface area contributed by atoms with Crippen molar-refractivity contribution in [2.75, 3.05) is 11.9 Å². The second-order valence-electron chi connectivity index (χ2n) is 6.53. The van der Waals surface area contributed by atoms with E-state index in [1.54, 1.807) is 6.92 Å². The minimum Gasteiger partial charge on any atom is -0.494 e. The molecule has 0 heterocycles. The first-order valence-corrected chi connectivity index (χ1v) is 10.5. The van der Waals surface area contributed by atoms with E-state index in [0.29, 0.717) is 24.5 Å². The van der Waals surface area contributed by atoms with Crippen molar-refractivity contribution in [2.24, 2.45) is 0 Å². The molecule has 0 aliphatic heterocycles. The molecule has 0 unspecified atom stereocenters. The molecule has 0 aliphatic rings. The predicted octanol–water partition coefficient (Wildman–Crippen LogP) is 4.43. The van der Waals surface area contributed by atoms with E-state index in [1.807, 2.05) is 10.0 Å². The molecule has 0 aromatic heterocycles. The maximum Gasteiger partial charge on any atom is 0.416 e. The highest BCUT2D eigenvalue weighted by molar-refractivity contribution is 7.89. The van der Waals surface area contributed by atoms with E-state index in [9.17, 15) is 39.6 Å². The van der Waals surface area contributed by atoms with Gasteiger partial charge in [0.25, 0.3) is 0 Å². The Bertz CT molecular complexity index is 1030. The minimum absolute atomic E-state index is 0.0896. The number of halogens is 6. The molecule has 32 heavy (non-hydrogen) atoms. The highest BCUT2D eigenvalue weighted by Crippen LogP contribution is 2.37. The van der Waals surface area contributed by atoms with Crippen molar-refractivity contribution in [3.05, 3.63) is 53.6 Å². The Labute approximate surface area is 179 Å². The monoisotopic (exact) mass is 484 g/mol. The van der Waals surface area contributed by atoms with Crippen LogP contribution >= 0.6 is 0 Å². The van der Waals surface area contributed by atoms with Crippen LogP contribution < -0.4 is 14.8 Å². The van der Waals surface area contributed by atoms with Crippen molar-refractivity contribution < 1.29 is 44.3 Å². The lowest BCUT2D eigenvalue weighted by molar-refractivity contribution is -0.143. The summed E-state index contributed by atoms with van der Waals surface area (Å²) in [4.78, 5) is 12.0. The van der Waals surface area contributed by atoms with E-state index < -0.39 is 51.1 Å². The van der Waals surface area contributed by atoms with E-state index in [0.717, 1.165) is 6.92 Å². The first-order valence-electron chi connectivity index (χ1n) is 8.99. The molecular formula is C19H18F6N2O4S. The number of carbonyl (C=O) groups is 1. The molecule has 176 valence electrons. The molecule has 0 radical (unpaired) electrons. The van der Waals surface area contributed by atoms with Crippen LogP contribution in [-0.2, 0) is 27.2 Å². The Morgan fingerprint density at radius 3 is 1.91 bits per heavy atom. The summed E-state index contributed by atoms with van der Waals surface area (Å²) < 4.78 is 110. The van der Waals surface area contributed by atoms with Crippen molar-refractivity contribution in [3.8, 4) is 5.75 Å². The van der Waals surface area contributed by atoms with E-state index >= 15 is 0 Å². The van der Waals surface area contributed by atoms with Crippen LogP contribution in [0.4, 0.5) is 32.0 Å². The maximum atomic E-state index is 12.9. The number of carbonyl (C=O) groups excluding carboxylic acids is 1. The number of anilines is 1. The highest BCUT2D eigenvalue weighted by Gasteiger charge is 2.37. The molecule has 1 atom stereocenters. The highest BCUT2D eigenvalue weighted by atomic mass is 32.2. The Morgan fingerprint density at radius 2 is 1.47 bits per heavy atom. The molecule has 0 fully saturated rings. The van der Waals surface area contributed by atoms with Crippen LogP contribution in [0.25, 0.3) is 0 Å². The summed E-state index contributed by atoms with van der Waals surface area (Å²) in [5.41, 5.74) is -4.03. The summed E-state index contributed by atoms with van der Waals surface area (Å²) in [6.45, 7) is 3.17. The molecule has 6 nitrogen and oxygen atoms in total. The van der Waals surface area contributed by atoms with Gasteiger partial charge in [0.1, 0.15) is 5.75 Å². The first kappa shape index (κ1) is 25.5. The fraction of sp³-hybridized carbons (Fsp3) is 0.316. The van der Waals surface area contributed by atoms with Crippen LogP contribution in [0, 0.1) is 0 Å². The summed E-state index contributed by atoms with van der Waals surface area (Å²) in [6.07, 6.45) is -10.2. The van der Waals surface area contributed by atoms with E-state index in [-0.39, 0.29) is 11.0 Å². The Kier molecular flexibility index (Phi) is 7.45. The van der Waals surface area contributed by atoms with Crippen LogP contribution in [0.1, 0.15) is 25.0 Å². The first-order chi connectivity index (χ1) is 14.6. The summed E-state index contributed by atoms with van der Waals surface area (Å²) in [6, 6.07) is 4.21. The van der Waals surface area contributed by atoms with Crippen LogP contribution in [0.2, 0.25) is 0 Å². The Hall–Kier alpha value is -2.80. The summed E-state index contributed by atoms with van der Waals surface area (Å²) >= 11 is 0. The SMILES string of the molecule is CCOc1ccc(S(=O)(=O)N[C@@H](C)C(=O)Nc2cc(C(F)(F)F)cc(C(F)(F)F)c2)cc1. The van der Waals surface area contributed by atoms with Crippen LogP contribution in [0.3, 0.4) is 0 Å². The van der Waals surface area contributed by atoms with Gasteiger partial charge in [-0.1, -0.05) is 0 Å². The van der Waals surface area contributed by atoms with Gasteiger partial charge in [0, 0.05) is 5.69 Å². The number of ether oxygens (including phenoxy) is 1. The van der Waals surface area contributed by atoms with Gasteiger partial charge in [-0.15, -0.1) is 0 Å². The van der Waals surface area contributed by atoms with Crippen LogP contribution in [0.5, 0.6) is 5.75 Å². The van der Waals surface area contributed by atoms with Crippen LogP contribution in [-0.4, -0.2) is 27.0 Å². The fourth-order valence-corrected chi connectivity index (χ4v) is 3.72. The van der Waals surface area contributed by atoms with Crippen molar-refractivity contribution in [1.82, 2.24) is 4.72 Å². The van der Waals surface area contributed by atoms with E-state index in [1.165, 1.54) is 24.3 Å². The zero-order valence-electron chi connectivity index (χ0n) is 16.6. The normalized spacial score (nSPS) is 13.5. The average Bonchev–Trinajstić information content (AvgIpc) is 2.66. The number of sulfonamides is 1. The standard InChI is InChI=1S/C19H18F6N2O4S/c1-3-31-15-4-6-16(7-5-15)32(29,30)27-11(2)17(28)26-14-9-12(18(20,21)22)8-13(10-14)19(23,24)25/h4-11,27H,3H2,1-2H3,(H,26,28)/t11-/m0/s1. The van der Waals surface area contributed by atoms with Gasteiger partial charge >= 0.3 is 12.4 Å². The molecule has 0 bridgehead atoms. The number of rotatable bonds is 7. The van der Waals surface area contributed by atoms with Gasteiger partial charge < -0.3 is 10.1 Å². The molecule has 2 N–H and O–H groups in total. The molecule has 2 rings (SSSR count). The second-order valence-corrected chi connectivity index (χ2v) is 8.25. The second kappa shape index (κ2) is 9.36. The minimum atomic E-state index is -5.10. The largest absolute Gasteiger partial charge is 0.494 e. The molecule has 13 heteroatoms. The van der Waals surface area contributed by atoms with Gasteiger partial charge in [0.2, 0.25) is 15.9 Å². The Balaban J connectivity index is 2.21. The van der Waals surface area contributed by atoms with Gasteiger partial charge in [-0.3, -0.25) is 4.79 Å². The van der Waals surface area contributed by atoms with Crippen molar-refractivity contribution in [1.29, 1.82) is 0 Å². The van der Waals surface area contributed by atoms with Crippen molar-refractivity contribution in [2.45, 2.75) is 37.1 Å². The molecule has 0 saturated heterocycles. The van der Waals surface area contributed by atoms with Crippen molar-refractivity contribution in [3.63, 3.8) is 0 Å². The molecule has 0 aliphatic carbocycles. The molecule has 0 spiro atoms. The van der Waals surface area contributed by atoms with Gasteiger partial charge in [-0.2, -0.15) is 31.1 Å². The van der Waals surface area contributed by atoms with Gasteiger partial charge in [0.05, 0.1) is 28.7 Å². The summed E-state index contributed by atoms with van der Waals surface area (Å²) in [5, 5.41) is 1.88. The third-order valence-corrected chi connectivity index (χ3v) is 5.58. The molecule has 2 aromatic rings. The third-order valence-electron chi connectivity index (χ3n) is 4.03. The number of hydrogen-bond acceptors (Lipinski definition) is 4. The number of nitrogens with one attached hydrogen (secondary N) is 2. The fourth-order valence-electron chi connectivity index (χ4n) is 2.51. The molecule has 0 saturated carbocycles.